The molecule has 3 rings (SSSR count). The van der Waals surface area contributed by atoms with E-state index in [1.54, 1.807) is 40.1 Å². The molecular formula is C17H24N4O6. The fourth-order valence-corrected chi connectivity index (χ4v) is 4.93. The average molecular weight is 380 g/mol. The molecule has 2 heterocycles. The van der Waals surface area contributed by atoms with Crippen LogP contribution in [0.15, 0.2) is 30.3 Å². The molecule has 1 aromatic carbocycles. The molecule has 0 spiro atoms. The molecule has 0 atom stereocenters. The topological polar surface area (TPSA) is 133 Å². The Kier molecular flexibility index (Phi) is 5.43. The van der Waals surface area contributed by atoms with Crippen LogP contribution in [0, 0.1) is 20.2 Å². The zero-order chi connectivity index (χ0) is 19.7. The number of β-amino-alcohol motifs (C(OH)–C–C–N with tert-alkyl or cyclic N) is 2. The minimum atomic E-state index is -1.60. The summed E-state index contributed by atoms with van der Waals surface area (Å²) >= 11 is 0. The molecule has 0 aromatic heterocycles. The van der Waals surface area contributed by atoms with Crippen LogP contribution in [0.4, 0.5) is 0 Å². The average Bonchev–Trinajstić information content (AvgIpc) is 2.61. The number of nitrogens with zero attached hydrogens (tertiary/aromatic N) is 4. The third-order valence-corrected chi connectivity index (χ3v) is 5.76. The van der Waals surface area contributed by atoms with Crippen LogP contribution in [0.2, 0.25) is 0 Å². The van der Waals surface area contributed by atoms with E-state index in [0.717, 1.165) is 0 Å². The van der Waals surface area contributed by atoms with Gasteiger partial charge in [0.25, 0.3) is 11.1 Å². The van der Waals surface area contributed by atoms with Crippen molar-refractivity contribution in [1.29, 1.82) is 0 Å². The lowest BCUT2D eigenvalue weighted by Crippen LogP contribution is -2.79. The van der Waals surface area contributed by atoms with Crippen LogP contribution in [0.3, 0.4) is 0 Å². The molecule has 0 amide bonds. The first-order valence-corrected chi connectivity index (χ1v) is 8.90. The molecule has 10 nitrogen and oxygen atoms in total. The Morgan fingerprint density at radius 3 is 1.63 bits per heavy atom. The molecule has 27 heavy (non-hydrogen) atoms. The highest BCUT2D eigenvalue weighted by molar-refractivity contribution is 5.32. The molecule has 2 saturated heterocycles. The SMILES string of the molecule is O=[N+]([O-])C12CN(CCO)CC([N+](=O)[O-])(CN(CCO)C1)C2c1ccccc1. The van der Waals surface area contributed by atoms with Crippen molar-refractivity contribution in [3.8, 4) is 0 Å². The molecule has 1 aromatic rings. The second-order valence-corrected chi connectivity index (χ2v) is 7.43. The van der Waals surface area contributed by atoms with E-state index in [4.69, 9.17) is 0 Å². The summed E-state index contributed by atoms with van der Waals surface area (Å²) in [4.78, 5) is 27.1. The van der Waals surface area contributed by atoms with E-state index in [0.29, 0.717) is 5.56 Å². The van der Waals surface area contributed by atoms with Crippen molar-refractivity contribution in [1.82, 2.24) is 9.80 Å². The van der Waals surface area contributed by atoms with Gasteiger partial charge in [0, 0.05) is 22.9 Å². The Balaban J connectivity index is 2.20. The summed E-state index contributed by atoms with van der Waals surface area (Å²) in [6, 6.07) is 8.67. The third-order valence-electron chi connectivity index (χ3n) is 5.76. The second kappa shape index (κ2) is 7.47. The van der Waals surface area contributed by atoms with Crippen LogP contribution in [0.1, 0.15) is 11.5 Å². The highest BCUT2D eigenvalue weighted by Crippen LogP contribution is 2.49. The Hall–Kier alpha value is -2.14. The zero-order valence-corrected chi connectivity index (χ0v) is 14.9. The number of nitro groups is 2. The van der Waals surface area contributed by atoms with Gasteiger partial charge in [0.2, 0.25) is 0 Å². The molecule has 10 heteroatoms. The molecule has 2 aliphatic rings. The van der Waals surface area contributed by atoms with Gasteiger partial charge in [-0.25, -0.2) is 0 Å². The van der Waals surface area contributed by atoms with Crippen LogP contribution < -0.4 is 0 Å². The van der Waals surface area contributed by atoms with Gasteiger partial charge in [0.05, 0.1) is 39.4 Å². The van der Waals surface area contributed by atoms with E-state index in [1.165, 1.54) is 0 Å². The molecule has 0 saturated carbocycles. The van der Waals surface area contributed by atoms with Crippen molar-refractivity contribution in [2.75, 3.05) is 52.5 Å². The normalized spacial score (nSPS) is 31.6. The van der Waals surface area contributed by atoms with Crippen LogP contribution >= 0.6 is 0 Å². The van der Waals surface area contributed by atoms with Crippen molar-refractivity contribution >= 4 is 0 Å². The quantitative estimate of drug-likeness (QED) is 0.474. The monoisotopic (exact) mass is 380 g/mol. The van der Waals surface area contributed by atoms with Crippen molar-refractivity contribution in [3.05, 3.63) is 56.1 Å². The van der Waals surface area contributed by atoms with Crippen LogP contribution in [-0.4, -0.2) is 93.4 Å². The van der Waals surface area contributed by atoms with E-state index in [1.807, 2.05) is 0 Å². The van der Waals surface area contributed by atoms with Crippen LogP contribution in [0.25, 0.3) is 0 Å². The van der Waals surface area contributed by atoms with Gasteiger partial charge >= 0.3 is 0 Å². The maximum atomic E-state index is 12.3. The fraction of sp³-hybridized carbons (Fsp3) is 0.647. The molecule has 0 aliphatic carbocycles. The lowest BCUT2D eigenvalue weighted by molar-refractivity contribution is -0.642. The largest absolute Gasteiger partial charge is 0.395 e. The van der Waals surface area contributed by atoms with E-state index >= 15 is 0 Å². The van der Waals surface area contributed by atoms with Crippen molar-refractivity contribution < 1.29 is 20.1 Å². The highest BCUT2D eigenvalue weighted by atomic mass is 16.6. The first-order chi connectivity index (χ1) is 12.9. The smallest absolute Gasteiger partial charge is 0.260 e. The number of hydrogen-bond acceptors (Lipinski definition) is 8. The van der Waals surface area contributed by atoms with E-state index in [2.05, 4.69) is 0 Å². The van der Waals surface area contributed by atoms with Gasteiger partial charge in [0.1, 0.15) is 5.92 Å². The number of hydrogen-bond donors (Lipinski definition) is 2. The lowest BCUT2D eigenvalue weighted by Gasteiger charge is -2.54. The molecule has 148 valence electrons. The molecule has 0 unspecified atom stereocenters. The molecule has 2 aliphatic heterocycles. The molecule has 0 radical (unpaired) electrons. The number of piperidine rings is 2. The summed E-state index contributed by atoms with van der Waals surface area (Å²) < 4.78 is 0. The molecule has 2 fully saturated rings. The number of fused-ring (bicyclic) bond motifs is 2. The van der Waals surface area contributed by atoms with Crippen LogP contribution in [0.5, 0.6) is 0 Å². The summed E-state index contributed by atoms with van der Waals surface area (Å²) in [6.45, 7) is -0.111. The van der Waals surface area contributed by atoms with Gasteiger partial charge in [-0.2, -0.15) is 0 Å². The summed E-state index contributed by atoms with van der Waals surface area (Å²) in [6.07, 6.45) is 0. The number of likely N-dealkylation sites (tertiary alicyclic amines) is 2. The molecular weight excluding hydrogens is 356 g/mol. The van der Waals surface area contributed by atoms with Gasteiger partial charge in [-0.1, -0.05) is 30.3 Å². The Morgan fingerprint density at radius 2 is 1.30 bits per heavy atom. The maximum absolute atomic E-state index is 12.3. The van der Waals surface area contributed by atoms with E-state index in [-0.39, 0.29) is 52.5 Å². The summed E-state index contributed by atoms with van der Waals surface area (Å²) in [5.74, 6) is -0.902. The fourth-order valence-electron chi connectivity index (χ4n) is 4.93. The summed E-state index contributed by atoms with van der Waals surface area (Å²) in [7, 11) is 0. The predicted molar refractivity (Wildman–Crippen MR) is 95.7 cm³/mol. The van der Waals surface area contributed by atoms with Gasteiger partial charge in [-0.15, -0.1) is 0 Å². The first-order valence-electron chi connectivity index (χ1n) is 8.90. The summed E-state index contributed by atoms with van der Waals surface area (Å²) in [5, 5.41) is 43.3. The second-order valence-electron chi connectivity index (χ2n) is 7.43. The van der Waals surface area contributed by atoms with Gasteiger partial charge in [0.15, 0.2) is 0 Å². The Morgan fingerprint density at radius 1 is 0.889 bits per heavy atom. The predicted octanol–water partition coefficient (Wildman–Crippen LogP) is -0.583. The van der Waals surface area contributed by atoms with Crippen molar-refractivity contribution in [2.24, 2.45) is 0 Å². The van der Waals surface area contributed by atoms with Crippen LogP contribution in [-0.2, 0) is 0 Å². The number of aliphatic hydroxyl groups is 2. The summed E-state index contributed by atoms with van der Waals surface area (Å²) in [5.41, 5.74) is -2.62. The maximum Gasteiger partial charge on any atom is 0.260 e. The standard InChI is InChI=1S/C17H24N4O6/c22-8-6-18-10-16(20(24)25)12-19(7-9-23)13-17(11-18,21(26)27)15(16)14-4-2-1-3-5-14/h1-5,15,22-23H,6-13H2. The van der Waals surface area contributed by atoms with E-state index in [9.17, 15) is 30.4 Å². The number of rotatable bonds is 7. The zero-order valence-electron chi connectivity index (χ0n) is 14.9. The van der Waals surface area contributed by atoms with Gasteiger partial charge in [-0.3, -0.25) is 30.0 Å². The number of aliphatic hydroxyl groups excluding tert-OH is 2. The number of benzene rings is 1. The van der Waals surface area contributed by atoms with Gasteiger partial charge in [-0.05, 0) is 5.56 Å². The lowest BCUT2D eigenvalue weighted by atomic mass is 9.61. The minimum Gasteiger partial charge on any atom is -0.395 e. The van der Waals surface area contributed by atoms with Crippen molar-refractivity contribution in [3.63, 3.8) is 0 Å². The molecule has 2 N–H and O–H groups in total. The first kappa shape index (κ1) is 19.6. The van der Waals surface area contributed by atoms with E-state index < -0.39 is 26.8 Å². The third kappa shape index (κ3) is 3.18. The molecule has 2 bridgehead atoms. The minimum absolute atomic E-state index is 0.0115. The Bertz CT molecular complexity index is 648. The highest BCUT2D eigenvalue weighted by Gasteiger charge is 2.73. The Labute approximate surface area is 156 Å². The van der Waals surface area contributed by atoms with Crippen molar-refractivity contribution in [2.45, 2.75) is 17.0 Å². The van der Waals surface area contributed by atoms with Gasteiger partial charge < -0.3 is 10.2 Å².